The summed E-state index contributed by atoms with van der Waals surface area (Å²) < 4.78 is 11.7. The van der Waals surface area contributed by atoms with Gasteiger partial charge in [0, 0.05) is 19.3 Å². The van der Waals surface area contributed by atoms with Crippen LogP contribution in [0.4, 0.5) is 0 Å². The van der Waals surface area contributed by atoms with Gasteiger partial charge in [0.05, 0.1) is 11.9 Å². The van der Waals surface area contributed by atoms with Gasteiger partial charge in [-0.25, -0.2) is 4.98 Å². The van der Waals surface area contributed by atoms with Gasteiger partial charge in [0.15, 0.2) is 11.5 Å². The van der Waals surface area contributed by atoms with E-state index in [1.165, 1.54) is 6.42 Å². The van der Waals surface area contributed by atoms with Crippen LogP contribution in [0.5, 0.6) is 11.5 Å². The number of para-hydroxylation sites is 2. The van der Waals surface area contributed by atoms with Crippen LogP contribution in [0.15, 0.2) is 36.7 Å². The predicted octanol–water partition coefficient (Wildman–Crippen LogP) is 2.88. The lowest BCUT2D eigenvalue weighted by molar-refractivity contribution is 0.0717. The normalized spacial score (nSPS) is 19.2. The van der Waals surface area contributed by atoms with Crippen molar-refractivity contribution in [3.63, 3.8) is 0 Å². The van der Waals surface area contributed by atoms with Crippen LogP contribution >= 0.6 is 0 Å². The van der Waals surface area contributed by atoms with Crippen molar-refractivity contribution < 1.29 is 14.3 Å². The first-order valence-electron chi connectivity index (χ1n) is 9.28. The summed E-state index contributed by atoms with van der Waals surface area (Å²) in [4.78, 5) is 23.2. The molecule has 1 saturated heterocycles. The summed E-state index contributed by atoms with van der Waals surface area (Å²) in [6.45, 7) is 2.16. The minimum atomic E-state index is -0.0202. The second kappa shape index (κ2) is 7.72. The number of aryl methyl sites for hydroxylation is 1. The van der Waals surface area contributed by atoms with Crippen LogP contribution < -0.4 is 9.47 Å². The number of ether oxygens (including phenoxy) is 2. The molecule has 6 nitrogen and oxygen atoms in total. The third-order valence-electron chi connectivity index (χ3n) is 4.84. The number of hydrogen-bond acceptors (Lipinski definition) is 5. The number of nitrogens with zero attached hydrogens (tertiary/aromatic N) is 3. The third-order valence-corrected chi connectivity index (χ3v) is 4.84. The number of aromatic nitrogens is 2. The first-order valence-corrected chi connectivity index (χ1v) is 9.28. The largest absolute Gasteiger partial charge is 0.486 e. The average Bonchev–Trinajstić information content (AvgIpc) is 2.72. The fourth-order valence-electron chi connectivity index (χ4n) is 3.40. The third kappa shape index (κ3) is 3.79. The molecule has 0 saturated carbocycles. The van der Waals surface area contributed by atoms with Crippen molar-refractivity contribution >= 4 is 5.91 Å². The summed E-state index contributed by atoms with van der Waals surface area (Å²) in [5.41, 5.74) is 1.26. The van der Waals surface area contributed by atoms with Gasteiger partial charge in [0.1, 0.15) is 18.4 Å². The van der Waals surface area contributed by atoms with Crippen molar-refractivity contribution in [2.45, 2.75) is 38.2 Å². The molecule has 0 N–H and O–H groups in total. The second-order valence-corrected chi connectivity index (χ2v) is 6.78. The summed E-state index contributed by atoms with van der Waals surface area (Å²) in [5, 5.41) is 0. The van der Waals surface area contributed by atoms with Crippen molar-refractivity contribution in [1.82, 2.24) is 14.9 Å². The van der Waals surface area contributed by atoms with Gasteiger partial charge >= 0.3 is 0 Å². The monoisotopic (exact) mass is 353 g/mol. The summed E-state index contributed by atoms with van der Waals surface area (Å²) >= 11 is 0. The van der Waals surface area contributed by atoms with Gasteiger partial charge in [-0.15, -0.1) is 0 Å². The molecule has 0 radical (unpaired) electrons. The van der Waals surface area contributed by atoms with Gasteiger partial charge in [-0.1, -0.05) is 12.1 Å². The highest BCUT2D eigenvalue weighted by molar-refractivity contribution is 5.92. The summed E-state index contributed by atoms with van der Waals surface area (Å²) in [7, 11) is 0. The molecule has 1 unspecified atom stereocenters. The van der Waals surface area contributed by atoms with Crippen molar-refractivity contribution in [3.05, 3.63) is 48.0 Å². The Morgan fingerprint density at radius 1 is 1.12 bits per heavy atom. The molecule has 26 heavy (non-hydrogen) atoms. The number of fused-ring (bicyclic) bond motifs is 1. The van der Waals surface area contributed by atoms with E-state index in [9.17, 15) is 4.79 Å². The lowest BCUT2D eigenvalue weighted by Crippen LogP contribution is -2.36. The van der Waals surface area contributed by atoms with Gasteiger partial charge in [0.25, 0.3) is 5.91 Å². The van der Waals surface area contributed by atoms with Crippen LogP contribution in [0.2, 0.25) is 0 Å². The average molecular weight is 353 g/mol. The summed E-state index contributed by atoms with van der Waals surface area (Å²) in [5.74, 6) is 1.56. The van der Waals surface area contributed by atoms with E-state index >= 15 is 0 Å². The van der Waals surface area contributed by atoms with Gasteiger partial charge in [-0.3, -0.25) is 9.78 Å². The van der Waals surface area contributed by atoms with Crippen LogP contribution in [0, 0.1) is 0 Å². The standard InChI is InChI=1S/C20H23N3O3/c24-20(23-10-4-1-5-11-23)17-13-21-12-15(22-17)8-9-16-14-25-18-6-2-3-7-19(18)26-16/h2-3,6-7,12-13,16H,1,4-5,8-11,14H2. The fraction of sp³-hybridized carbons (Fsp3) is 0.450. The van der Waals surface area contributed by atoms with Crippen LogP contribution in [-0.4, -0.2) is 46.6 Å². The van der Waals surface area contributed by atoms with Crippen LogP contribution in [-0.2, 0) is 6.42 Å². The van der Waals surface area contributed by atoms with Crippen LogP contribution in [0.3, 0.4) is 0 Å². The first-order chi connectivity index (χ1) is 12.8. The molecule has 4 rings (SSSR count). The number of piperidine rings is 1. The Hall–Kier alpha value is -2.63. The Kier molecular flexibility index (Phi) is 5.00. The smallest absolute Gasteiger partial charge is 0.274 e. The molecule has 6 heteroatoms. The molecule has 2 aromatic rings. The fourth-order valence-corrected chi connectivity index (χ4v) is 3.40. The molecule has 0 bridgehead atoms. The lowest BCUT2D eigenvalue weighted by atomic mass is 10.1. The van der Waals surface area contributed by atoms with Crippen LogP contribution in [0.25, 0.3) is 0 Å². The Morgan fingerprint density at radius 2 is 1.92 bits per heavy atom. The molecule has 2 aliphatic heterocycles. The Morgan fingerprint density at radius 3 is 2.77 bits per heavy atom. The number of amides is 1. The highest BCUT2D eigenvalue weighted by Gasteiger charge is 2.22. The Balaban J connectivity index is 1.36. The van der Waals surface area contributed by atoms with Gasteiger partial charge in [-0.2, -0.15) is 0 Å². The number of likely N-dealkylation sites (tertiary alicyclic amines) is 1. The predicted molar refractivity (Wildman–Crippen MR) is 96.5 cm³/mol. The van der Waals surface area contributed by atoms with E-state index in [0.29, 0.717) is 18.7 Å². The second-order valence-electron chi connectivity index (χ2n) is 6.78. The van der Waals surface area contributed by atoms with Crippen LogP contribution in [0.1, 0.15) is 41.9 Å². The number of benzene rings is 1. The molecule has 1 amide bonds. The zero-order valence-corrected chi connectivity index (χ0v) is 14.8. The maximum atomic E-state index is 12.6. The quantitative estimate of drug-likeness (QED) is 0.846. The topological polar surface area (TPSA) is 64.5 Å². The van der Waals surface area contributed by atoms with Gasteiger partial charge in [0.2, 0.25) is 0 Å². The molecule has 0 spiro atoms. The van der Waals surface area contributed by atoms with E-state index in [2.05, 4.69) is 9.97 Å². The van der Waals surface area contributed by atoms with Gasteiger partial charge < -0.3 is 14.4 Å². The highest BCUT2D eigenvalue weighted by atomic mass is 16.6. The SMILES string of the molecule is O=C(c1cncc(CCC2COc3ccccc3O2)n1)N1CCCCC1. The molecule has 136 valence electrons. The molecule has 2 aliphatic rings. The Bertz CT molecular complexity index is 774. The first kappa shape index (κ1) is 16.8. The zero-order chi connectivity index (χ0) is 17.8. The van der Waals surface area contributed by atoms with Crippen molar-refractivity contribution in [2.24, 2.45) is 0 Å². The zero-order valence-electron chi connectivity index (χ0n) is 14.8. The maximum Gasteiger partial charge on any atom is 0.274 e. The molecular formula is C20H23N3O3. The molecular weight excluding hydrogens is 330 g/mol. The Labute approximate surface area is 153 Å². The molecule has 1 fully saturated rings. The van der Waals surface area contributed by atoms with E-state index in [-0.39, 0.29) is 12.0 Å². The number of carbonyl (C=O) groups is 1. The highest BCUT2D eigenvalue weighted by Crippen LogP contribution is 2.31. The minimum absolute atomic E-state index is 0.00905. The van der Waals surface area contributed by atoms with E-state index in [4.69, 9.17) is 9.47 Å². The minimum Gasteiger partial charge on any atom is -0.486 e. The van der Waals surface area contributed by atoms with E-state index < -0.39 is 0 Å². The van der Waals surface area contributed by atoms with Crippen molar-refractivity contribution in [2.75, 3.05) is 19.7 Å². The molecule has 3 heterocycles. The number of carbonyl (C=O) groups excluding carboxylic acids is 1. The van der Waals surface area contributed by atoms with E-state index in [1.807, 2.05) is 29.2 Å². The molecule has 1 aromatic heterocycles. The number of hydrogen-bond donors (Lipinski definition) is 0. The summed E-state index contributed by atoms with van der Waals surface area (Å²) in [6, 6.07) is 7.70. The van der Waals surface area contributed by atoms with Crippen molar-refractivity contribution in [3.8, 4) is 11.5 Å². The van der Waals surface area contributed by atoms with Gasteiger partial charge in [-0.05, 0) is 44.2 Å². The number of rotatable bonds is 4. The molecule has 0 aliphatic carbocycles. The van der Waals surface area contributed by atoms with E-state index in [1.54, 1.807) is 12.4 Å². The lowest BCUT2D eigenvalue weighted by Gasteiger charge is -2.27. The molecule has 1 atom stereocenters. The van der Waals surface area contributed by atoms with E-state index in [0.717, 1.165) is 49.5 Å². The molecule has 1 aromatic carbocycles. The maximum absolute atomic E-state index is 12.6. The summed E-state index contributed by atoms with van der Waals surface area (Å²) in [6.07, 6.45) is 8.07. The van der Waals surface area contributed by atoms with Crippen molar-refractivity contribution in [1.29, 1.82) is 0 Å².